The van der Waals surface area contributed by atoms with Gasteiger partial charge in [0, 0.05) is 11.8 Å². The smallest absolute Gasteiger partial charge is 0.194 e. The van der Waals surface area contributed by atoms with Crippen molar-refractivity contribution in [2.24, 2.45) is 23.7 Å². The number of hydrogen-bond acceptors (Lipinski definition) is 3. The van der Waals surface area contributed by atoms with Crippen molar-refractivity contribution in [1.29, 1.82) is 0 Å². The minimum Gasteiger partial charge on any atom is -0.378 e. The van der Waals surface area contributed by atoms with Crippen molar-refractivity contribution in [2.75, 3.05) is 19.8 Å². The van der Waals surface area contributed by atoms with E-state index in [0.29, 0.717) is 48.6 Å². The molecule has 2 saturated heterocycles. The molecule has 1 aromatic carbocycles. The highest BCUT2D eigenvalue weighted by molar-refractivity contribution is 5.23. The number of hydrogen-bond donors (Lipinski definition) is 0. The molecule has 1 aliphatic carbocycles. The van der Waals surface area contributed by atoms with Crippen LogP contribution in [0.2, 0.25) is 0 Å². The standard InChI is InChI=1S/C24H33F3O3/c1-14(2)22-8-7-17(11-28-22)19-12-29-24(30-13-19)16-5-3-15(4-6-16)18-9-20(25)23(27)21(26)10-18/h9-10,14-17,19,22,24H,3-8,11-13H2,1-2H3/t15?,16?,17-,19?,22+,24?/m0/s1. The van der Waals surface area contributed by atoms with Crippen LogP contribution in [0.1, 0.15) is 63.9 Å². The lowest BCUT2D eigenvalue weighted by Gasteiger charge is -2.41. The molecular weight excluding hydrogens is 393 g/mol. The van der Waals surface area contributed by atoms with Crippen molar-refractivity contribution >= 4 is 0 Å². The van der Waals surface area contributed by atoms with Crippen molar-refractivity contribution in [3.05, 3.63) is 35.1 Å². The molecule has 0 N–H and O–H groups in total. The average molecular weight is 427 g/mol. The fraction of sp³-hybridized carbons (Fsp3) is 0.750. The largest absolute Gasteiger partial charge is 0.378 e. The lowest BCUT2D eigenvalue weighted by Crippen LogP contribution is -2.43. The Balaban J connectivity index is 1.23. The molecule has 6 heteroatoms. The molecule has 0 radical (unpaired) electrons. The highest BCUT2D eigenvalue weighted by atomic mass is 19.2. The first-order valence-corrected chi connectivity index (χ1v) is 11.4. The van der Waals surface area contributed by atoms with Crippen LogP contribution in [0.3, 0.4) is 0 Å². The summed E-state index contributed by atoms with van der Waals surface area (Å²) in [5, 5.41) is 0. The number of rotatable bonds is 4. The van der Waals surface area contributed by atoms with E-state index in [1.54, 1.807) is 0 Å². The maximum absolute atomic E-state index is 13.5. The predicted octanol–water partition coefficient (Wildman–Crippen LogP) is 5.82. The van der Waals surface area contributed by atoms with E-state index >= 15 is 0 Å². The van der Waals surface area contributed by atoms with Gasteiger partial charge in [0.15, 0.2) is 23.7 Å². The van der Waals surface area contributed by atoms with E-state index in [-0.39, 0.29) is 12.2 Å². The predicted molar refractivity (Wildman–Crippen MR) is 107 cm³/mol. The molecule has 3 nitrogen and oxygen atoms in total. The lowest BCUT2D eigenvalue weighted by atomic mass is 9.78. The van der Waals surface area contributed by atoms with Crippen LogP contribution in [0.25, 0.3) is 0 Å². The molecule has 168 valence electrons. The zero-order chi connectivity index (χ0) is 21.3. The third-order valence-corrected chi connectivity index (χ3v) is 7.34. The number of ether oxygens (including phenoxy) is 3. The van der Waals surface area contributed by atoms with Crippen LogP contribution in [-0.4, -0.2) is 32.2 Å². The molecule has 0 spiro atoms. The van der Waals surface area contributed by atoms with Gasteiger partial charge in [-0.25, -0.2) is 13.2 Å². The Morgan fingerprint density at radius 2 is 1.30 bits per heavy atom. The van der Waals surface area contributed by atoms with Crippen LogP contribution < -0.4 is 0 Å². The van der Waals surface area contributed by atoms with E-state index in [2.05, 4.69) is 13.8 Å². The Kier molecular flexibility index (Phi) is 7.05. The quantitative estimate of drug-likeness (QED) is 0.568. The van der Waals surface area contributed by atoms with Gasteiger partial charge in [-0.05, 0) is 74.0 Å². The SMILES string of the molecule is CC(C)[C@H]1CC[C@H](C2COC(C3CCC(c4cc(F)c(F)c(F)c4)CC3)OC2)CO1. The van der Waals surface area contributed by atoms with E-state index in [9.17, 15) is 13.2 Å². The van der Waals surface area contributed by atoms with Gasteiger partial charge in [0.1, 0.15) is 0 Å². The zero-order valence-electron chi connectivity index (χ0n) is 17.9. The maximum Gasteiger partial charge on any atom is 0.194 e. The lowest BCUT2D eigenvalue weighted by molar-refractivity contribution is -0.240. The Morgan fingerprint density at radius 1 is 0.733 bits per heavy atom. The molecule has 0 bridgehead atoms. The van der Waals surface area contributed by atoms with Gasteiger partial charge in [0.25, 0.3) is 0 Å². The van der Waals surface area contributed by atoms with Crippen LogP contribution >= 0.6 is 0 Å². The van der Waals surface area contributed by atoms with Gasteiger partial charge in [-0.3, -0.25) is 0 Å². The first-order valence-electron chi connectivity index (χ1n) is 11.4. The fourth-order valence-electron chi connectivity index (χ4n) is 5.30. The fourth-order valence-corrected chi connectivity index (χ4v) is 5.30. The summed E-state index contributed by atoms with van der Waals surface area (Å²) < 4.78 is 58.6. The van der Waals surface area contributed by atoms with Gasteiger partial charge in [-0.1, -0.05) is 13.8 Å². The van der Waals surface area contributed by atoms with Crippen molar-refractivity contribution in [3.8, 4) is 0 Å². The summed E-state index contributed by atoms with van der Waals surface area (Å²) in [4.78, 5) is 0. The first kappa shape index (κ1) is 22.1. The van der Waals surface area contributed by atoms with Gasteiger partial charge in [0.05, 0.1) is 25.9 Å². The van der Waals surface area contributed by atoms with Gasteiger partial charge < -0.3 is 14.2 Å². The Hall–Kier alpha value is -1.11. The minimum atomic E-state index is -1.39. The van der Waals surface area contributed by atoms with Crippen molar-refractivity contribution < 1.29 is 27.4 Å². The molecule has 3 fully saturated rings. The normalized spacial score (nSPS) is 35.5. The average Bonchev–Trinajstić information content (AvgIpc) is 2.77. The van der Waals surface area contributed by atoms with Crippen molar-refractivity contribution in [1.82, 2.24) is 0 Å². The zero-order valence-corrected chi connectivity index (χ0v) is 17.9. The van der Waals surface area contributed by atoms with Gasteiger partial charge >= 0.3 is 0 Å². The second kappa shape index (κ2) is 9.58. The summed E-state index contributed by atoms with van der Waals surface area (Å²) >= 11 is 0. The van der Waals surface area contributed by atoms with Crippen LogP contribution in [0.4, 0.5) is 13.2 Å². The van der Waals surface area contributed by atoms with E-state index < -0.39 is 17.5 Å². The van der Waals surface area contributed by atoms with Gasteiger partial charge in [-0.15, -0.1) is 0 Å². The van der Waals surface area contributed by atoms with Gasteiger partial charge in [0.2, 0.25) is 0 Å². The summed E-state index contributed by atoms with van der Waals surface area (Å²) in [6.45, 7) is 6.62. The number of benzene rings is 1. The summed E-state index contributed by atoms with van der Waals surface area (Å²) in [5.41, 5.74) is 0.549. The summed E-state index contributed by atoms with van der Waals surface area (Å²) in [7, 11) is 0. The molecule has 3 aliphatic rings. The molecule has 2 atom stereocenters. The Labute approximate surface area is 177 Å². The van der Waals surface area contributed by atoms with Crippen LogP contribution in [-0.2, 0) is 14.2 Å². The van der Waals surface area contributed by atoms with E-state index in [1.165, 1.54) is 6.42 Å². The molecule has 30 heavy (non-hydrogen) atoms. The molecule has 2 aliphatic heterocycles. The topological polar surface area (TPSA) is 27.7 Å². The Morgan fingerprint density at radius 3 is 1.83 bits per heavy atom. The molecule has 1 saturated carbocycles. The van der Waals surface area contributed by atoms with Crippen LogP contribution in [0, 0.1) is 41.1 Å². The third kappa shape index (κ3) is 4.86. The highest BCUT2D eigenvalue weighted by Crippen LogP contribution is 2.40. The molecule has 2 heterocycles. The van der Waals surface area contributed by atoms with E-state index in [0.717, 1.165) is 50.8 Å². The van der Waals surface area contributed by atoms with Crippen LogP contribution in [0.15, 0.2) is 12.1 Å². The first-order chi connectivity index (χ1) is 14.4. The molecule has 0 amide bonds. The van der Waals surface area contributed by atoms with Crippen LogP contribution in [0.5, 0.6) is 0 Å². The molecule has 0 unspecified atom stereocenters. The van der Waals surface area contributed by atoms with E-state index in [1.807, 2.05) is 0 Å². The summed E-state index contributed by atoms with van der Waals surface area (Å²) in [6, 6.07) is 2.27. The second-order valence-corrected chi connectivity index (χ2v) is 9.66. The minimum absolute atomic E-state index is 0.0514. The Bertz CT molecular complexity index is 679. The van der Waals surface area contributed by atoms with Crippen molar-refractivity contribution in [2.45, 2.75) is 70.7 Å². The third-order valence-electron chi connectivity index (χ3n) is 7.34. The monoisotopic (exact) mass is 426 g/mol. The summed E-state index contributed by atoms with van der Waals surface area (Å²) in [5.74, 6) is -1.81. The highest BCUT2D eigenvalue weighted by Gasteiger charge is 2.37. The van der Waals surface area contributed by atoms with Crippen molar-refractivity contribution in [3.63, 3.8) is 0 Å². The number of halogens is 3. The maximum atomic E-state index is 13.5. The van der Waals surface area contributed by atoms with Gasteiger partial charge in [-0.2, -0.15) is 0 Å². The summed E-state index contributed by atoms with van der Waals surface area (Å²) in [6.07, 6.45) is 5.81. The van der Waals surface area contributed by atoms with E-state index in [4.69, 9.17) is 14.2 Å². The second-order valence-electron chi connectivity index (χ2n) is 9.66. The molecular formula is C24H33F3O3. The molecule has 1 aromatic rings. The molecule has 0 aromatic heterocycles. The molecule has 4 rings (SSSR count).